The van der Waals surface area contributed by atoms with Crippen LogP contribution in [0.15, 0.2) is 44.4 Å². The monoisotopic (exact) mass is 359 g/mol. The predicted octanol–water partition coefficient (Wildman–Crippen LogP) is 5.09. The number of hydrogen-bond acceptors (Lipinski definition) is 3. The standard InChI is InChI=1S/C14H15BrFNS2/c1-2-17-14(12-7-18-8-13(12)15)9-19-11-5-3-4-10(16)6-11/h3-8,14,17H,2,9H2,1H3. The maximum Gasteiger partial charge on any atom is 0.124 e. The third kappa shape index (κ3) is 4.31. The number of halogens is 2. The van der Waals surface area contributed by atoms with Crippen molar-refractivity contribution < 1.29 is 4.39 Å². The fourth-order valence-electron chi connectivity index (χ4n) is 1.78. The molecule has 0 spiro atoms. The number of benzene rings is 1. The summed E-state index contributed by atoms with van der Waals surface area (Å²) in [7, 11) is 0. The molecule has 0 radical (unpaired) electrons. The van der Waals surface area contributed by atoms with Crippen LogP contribution in [0.2, 0.25) is 0 Å². The molecule has 0 aliphatic rings. The Morgan fingerprint density at radius 2 is 2.26 bits per heavy atom. The first-order valence-corrected chi connectivity index (χ1v) is 8.76. The minimum absolute atomic E-state index is 0.179. The predicted molar refractivity (Wildman–Crippen MR) is 85.6 cm³/mol. The van der Waals surface area contributed by atoms with Gasteiger partial charge >= 0.3 is 0 Å². The zero-order valence-electron chi connectivity index (χ0n) is 10.5. The van der Waals surface area contributed by atoms with Crippen molar-refractivity contribution in [2.45, 2.75) is 17.9 Å². The van der Waals surface area contributed by atoms with Crippen LogP contribution in [0.4, 0.5) is 4.39 Å². The van der Waals surface area contributed by atoms with Gasteiger partial charge in [-0.15, -0.1) is 11.8 Å². The van der Waals surface area contributed by atoms with Gasteiger partial charge < -0.3 is 5.32 Å². The van der Waals surface area contributed by atoms with Crippen molar-refractivity contribution in [1.82, 2.24) is 5.32 Å². The largest absolute Gasteiger partial charge is 0.309 e. The van der Waals surface area contributed by atoms with Gasteiger partial charge in [0.1, 0.15) is 5.82 Å². The first-order valence-electron chi connectivity index (χ1n) is 6.04. The molecule has 0 fully saturated rings. The van der Waals surface area contributed by atoms with Crippen LogP contribution >= 0.6 is 39.0 Å². The lowest BCUT2D eigenvalue weighted by Crippen LogP contribution is -2.22. The Morgan fingerprint density at radius 1 is 1.42 bits per heavy atom. The van der Waals surface area contributed by atoms with Gasteiger partial charge in [0.05, 0.1) is 0 Å². The summed E-state index contributed by atoms with van der Waals surface area (Å²) in [6, 6.07) is 7.02. The van der Waals surface area contributed by atoms with Gasteiger partial charge in [-0.1, -0.05) is 13.0 Å². The summed E-state index contributed by atoms with van der Waals surface area (Å²) in [4.78, 5) is 0.967. The van der Waals surface area contributed by atoms with Gasteiger partial charge in [0.2, 0.25) is 0 Å². The molecule has 5 heteroatoms. The van der Waals surface area contributed by atoms with E-state index in [0.29, 0.717) is 0 Å². The highest BCUT2D eigenvalue weighted by atomic mass is 79.9. The molecule has 0 saturated heterocycles. The summed E-state index contributed by atoms with van der Waals surface area (Å²) < 4.78 is 14.3. The number of thioether (sulfide) groups is 1. The van der Waals surface area contributed by atoms with Crippen LogP contribution in [0.3, 0.4) is 0 Å². The summed E-state index contributed by atoms with van der Waals surface area (Å²) in [5.41, 5.74) is 1.27. The Kier molecular flexibility index (Phi) is 5.88. The van der Waals surface area contributed by atoms with E-state index in [9.17, 15) is 4.39 Å². The van der Waals surface area contributed by atoms with Crippen molar-refractivity contribution in [2.24, 2.45) is 0 Å². The van der Waals surface area contributed by atoms with E-state index < -0.39 is 0 Å². The van der Waals surface area contributed by atoms with Gasteiger partial charge in [0.25, 0.3) is 0 Å². The number of rotatable bonds is 6. The summed E-state index contributed by atoms with van der Waals surface area (Å²) in [5.74, 6) is 0.703. The Labute approximate surface area is 129 Å². The highest BCUT2D eigenvalue weighted by Crippen LogP contribution is 2.31. The van der Waals surface area contributed by atoms with Gasteiger partial charge in [-0.25, -0.2) is 4.39 Å². The molecule has 1 aromatic carbocycles. The summed E-state index contributed by atoms with van der Waals surface area (Å²) in [6.45, 7) is 3.01. The van der Waals surface area contributed by atoms with Crippen molar-refractivity contribution in [2.75, 3.05) is 12.3 Å². The molecule has 1 unspecified atom stereocenters. The van der Waals surface area contributed by atoms with E-state index in [1.54, 1.807) is 35.2 Å². The maximum atomic E-state index is 13.1. The van der Waals surface area contributed by atoms with Crippen molar-refractivity contribution in [1.29, 1.82) is 0 Å². The highest BCUT2D eigenvalue weighted by Gasteiger charge is 2.14. The second-order valence-corrected chi connectivity index (χ2v) is 6.75. The van der Waals surface area contributed by atoms with Crippen LogP contribution in [0.25, 0.3) is 0 Å². The SMILES string of the molecule is CCNC(CSc1cccc(F)c1)c1cscc1Br. The molecule has 1 N–H and O–H groups in total. The maximum absolute atomic E-state index is 13.1. The third-order valence-corrected chi connectivity index (χ3v) is 5.52. The molecule has 0 aliphatic heterocycles. The van der Waals surface area contributed by atoms with Gasteiger partial charge in [-0.3, -0.25) is 0 Å². The smallest absolute Gasteiger partial charge is 0.124 e. The molecule has 0 amide bonds. The molecule has 2 aromatic rings. The zero-order chi connectivity index (χ0) is 13.7. The van der Waals surface area contributed by atoms with Crippen LogP contribution in [0.1, 0.15) is 18.5 Å². The van der Waals surface area contributed by atoms with Crippen molar-refractivity contribution in [3.8, 4) is 0 Å². The molecule has 1 nitrogen and oxygen atoms in total. The summed E-state index contributed by atoms with van der Waals surface area (Å²) in [6.07, 6.45) is 0. The van der Waals surface area contributed by atoms with E-state index in [1.165, 1.54) is 11.6 Å². The molecule has 0 aliphatic carbocycles. The van der Waals surface area contributed by atoms with Crippen molar-refractivity contribution in [3.63, 3.8) is 0 Å². The summed E-state index contributed by atoms with van der Waals surface area (Å²) in [5, 5.41) is 7.72. The Hall–Kier alpha value is -0.360. The van der Waals surface area contributed by atoms with Crippen LogP contribution < -0.4 is 5.32 Å². The molecule has 1 atom stereocenters. The molecular formula is C14H15BrFNS2. The minimum Gasteiger partial charge on any atom is -0.309 e. The second-order valence-electron chi connectivity index (χ2n) is 4.05. The molecule has 102 valence electrons. The lowest BCUT2D eigenvalue weighted by atomic mass is 10.2. The number of nitrogens with one attached hydrogen (secondary N) is 1. The average molecular weight is 360 g/mol. The Bertz CT molecular complexity index is 530. The molecule has 0 saturated carbocycles. The van der Waals surface area contributed by atoms with Crippen LogP contribution in [0, 0.1) is 5.82 Å². The normalized spacial score (nSPS) is 12.6. The zero-order valence-corrected chi connectivity index (χ0v) is 13.7. The Morgan fingerprint density at radius 3 is 2.89 bits per heavy atom. The Balaban J connectivity index is 2.04. The van der Waals surface area contributed by atoms with Crippen molar-refractivity contribution >= 4 is 39.0 Å². The highest BCUT2D eigenvalue weighted by molar-refractivity contribution is 9.10. The molecule has 0 bridgehead atoms. The quantitative estimate of drug-likeness (QED) is 0.720. The number of thiophene rings is 1. The van der Waals surface area contributed by atoms with Gasteiger partial charge in [-0.05, 0) is 51.6 Å². The van der Waals surface area contributed by atoms with Crippen LogP contribution in [-0.2, 0) is 0 Å². The van der Waals surface area contributed by atoms with Crippen LogP contribution in [-0.4, -0.2) is 12.3 Å². The van der Waals surface area contributed by atoms with Crippen LogP contribution in [0.5, 0.6) is 0 Å². The average Bonchev–Trinajstić information content (AvgIpc) is 2.81. The molecule has 2 rings (SSSR count). The molecular weight excluding hydrogens is 345 g/mol. The molecule has 1 aromatic heterocycles. The second kappa shape index (κ2) is 7.43. The fraction of sp³-hybridized carbons (Fsp3) is 0.286. The van der Waals surface area contributed by atoms with E-state index >= 15 is 0 Å². The molecule has 19 heavy (non-hydrogen) atoms. The first-order chi connectivity index (χ1) is 9.20. The van der Waals surface area contributed by atoms with Gasteiger partial charge in [-0.2, -0.15) is 11.3 Å². The van der Waals surface area contributed by atoms with E-state index in [2.05, 4.69) is 38.9 Å². The fourth-order valence-corrected chi connectivity index (χ4v) is 4.44. The topological polar surface area (TPSA) is 12.0 Å². The van der Waals surface area contributed by atoms with Crippen molar-refractivity contribution in [3.05, 3.63) is 50.9 Å². The minimum atomic E-state index is -0.179. The van der Waals surface area contributed by atoms with E-state index in [0.717, 1.165) is 21.7 Å². The lowest BCUT2D eigenvalue weighted by molar-refractivity contribution is 0.605. The number of hydrogen-bond donors (Lipinski definition) is 1. The first kappa shape index (κ1) is 15.0. The third-order valence-electron chi connectivity index (χ3n) is 2.68. The van der Waals surface area contributed by atoms with E-state index in [-0.39, 0.29) is 11.9 Å². The summed E-state index contributed by atoms with van der Waals surface area (Å²) >= 11 is 6.94. The molecule has 1 heterocycles. The lowest BCUT2D eigenvalue weighted by Gasteiger charge is -2.17. The van der Waals surface area contributed by atoms with Gasteiger partial charge in [0.15, 0.2) is 0 Å². The van der Waals surface area contributed by atoms with E-state index in [1.807, 2.05) is 6.07 Å². The van der Waals surface area contributed by atoms with E-state index in [4.69, 9.17) is 0 Å². The van der Waals surface area contributed by atoms with Gasteiger partial charge in [0, 0.05) is 26.5 Å².